The Bertz CT molecular complexity index is 3130. The third-order valence-corrected chi connectivity index (χ3v) is 13.2. The molecule has 0 aromatic heterocycles. The molecule has 4 unspecified atom stereocenters. The molecule has 9 rings (SSSR count). The van der Waals surface area contributed by atoms with E-state index in [2.05, 4.69) is 248 Å². The number of nitrogens with one attached hydrogen (secondary N) is 2. The Morgan fingerprint density at radius 1 is 0.493 bits per heavy atom. The Hall–Kier alpha value is -8.66. The van der Waals surface area contributed by atoms with Crippen LogP contribution in [0.2, 0.25) is 0 Å². The van der Waals surface area contributed by atoms with Crippen LogP contribution in [0.1, 0.15) is 42.4 Å². The van der Waals surface area contributed by atoms with E-state index in [9.17, 15) is 0 Å². The smallest absolute Gasteiger partial charge is 0.0551 e. The molecule has 348 valence electrons. The van der Waals surface area contributed by atoms with E-state index >= 15 is 0 Å². The first-order chi connectivity index (χ1) is 35.0. The third kappa shape index (κ3) is 12.3. The van der Waals surface area contributed by atoms with Gasteiger partial charge >= 0.3 is 0 Å². The van der Waals surface area contributed by atoms with Gasteiger partial charge in [0, 0.05) is 46.5 Å². The Kier molecular flexibility index (Phi) is 15.7. The summed E-state index contributed by atoms with van der Waals surface area (Å²) in [5.74, 6) is 0.792. The molecule has 2 aliphatic carbocycles. The Labute approximate surface area is 421 Å². The fraction of sp³-hybridized carbons (Fsp3) is 0.0882. The van der Waals surface area contributed by atoms with Crippen LogP contribution in [0.5, 0.6) is 0 Å². The molecule has 2 N–H and O–H groups in total. The number of anilines is 4. The van der Waals surface area contributed by atoms with E-state index in [0.29, 0.717) is 5.92 Å². The van der Waals surface area contributed by atoms with E-state index in [1.165, 1.54) is 44.5 Å². The van der Waals surface area contributed by atoms with Crippen LogP contribution >= 0.6 is 0 Å². The number of nitrogens with zero attached hydrogens (tertiary/aromatic N) is 1. The summed E-state index contributed by atoms with van der Waals surface area (Å²) in [6.07, 6.45) is 34.3. The van der Waals surface area contributed by atoms with Gasteiger partial charge in [-0.1, -0.05) is 232 Å². The highest BCUT2D eigenvalue weighted by atomic mass is 15.1. The normalized spacial score (nSPS) is 18.0. The summed E-state index contributed by atoms with van der Waals surface area (Å²) in [5, 5.41) is 7.15. The van der Waals surface area contributed by atoms with Crippen molar-refractivity contribution in [1.29, 1.82) is 0 Å². The number of rotatable bonds is 17. The predicted molar refractivity (Wildman–Crippen MR) is 306 cm³/mol. The zero-order valence-corrected chi connectivity index (χ0v) is 40.6. The summed E-state index contributed by atoms with van der Waals surface area (Å²) in [4.78, 5) is 2.28. The van der Waals surface area contributed by atoms with Crippen LogP contribution in [-0.4, -0.2) is 6.04 Å². The van der Waals surface area contributed by atoms with Gasteiger partial charge in [0.05, 0.1) is 6.04 Å². The van der Waals surface area contributed by atoms with Gasteiger partial charge in [0.15, 0.2) is 0 Å². The second-order valence-electron chi connectivity index (χ2n) is 18.0. The van der Waals surface area contributed by atoms with Crippen LogP contribution < -0.4 is 15.5 Å². The minimum Gasteiger partial charge on any atom is -0.378 e. The maximum absolute atomic E-state index is 3.88. The monoisotopic (exact) mass is 919 g/mol. The molecule has 71 heavy (non-hydrogen) atoms. The lowest BCUT2D eigenvalue weighted by molar-refractivity contribution is 0.631. The number of hydrogen-bond acceptors (Lipinski definition) is 3. The molecule has 0 bridgehead atoms. The average molecular weight is 920 g/mol. The van der Waals surface area contributed by atoms with Gasteiger partial charge < -0.3 is 15.5 Å². The summed E-state index contributed by atoms with van der Waals surface area (Å²) < 4.78 is 0. The molecule has 0 fully saturated rings. The van der Waals surface area contributed by atoms with Crippen molar-refractivity contribution in [3.8, 4) is 22.3 Å². The van der Waals surface area contributed by atoms with Crippen LogP contribution in [0.4, 0.5) is 22.7 Å². The Balaban J connectivity index is 0.853. The Morgan fingerprint density at radius 2 is 1.03 bits per heavy atom. The van der Waals surface area contributed by atoms with Crippen molar-refractivity contribution in [2.24, 2.45) is 5.92 Å². The van der Waals surface area contributed by atoms with Gasteiger partial charge in [0.25, 0.3) is 0 Å². The molecule has 0 spiro atoms. The average Bonchev–Trinajstić information content (AvgIpc) is 3.42. The van der Waals surface area contributed by atoms with E-state index in [4.69, 9.17) is 0 Å². The third-order valence-electron chi connectivity index (χ3n) is 13.2. The summed E-state index contributed by atoms with van der Waals surface area (Å²) in [6, 6.07) is 67.2. The van der Waals surface area contributed by atoms with E-state index in [0.717, 1.165) is 34.0 Å². The molecular formula is C68H61N3. The van der Waals surface area contributed by atoms with Crippen LogP contribution in [0.3, 0.4) is 0 Å². The first-order valence-corrected chi connectivity index (χ1v) is 24.6. The van der Waals surface area contributed by atoms with Crippen molar-refractivity contribution in [3.63, 3.8) is 0 Å². The molecular weight excluding hydrogens is 859 g/mol. The molecule has 0 saturated heterocycles. The lowest BCUT2D eigenvalue weighted by Gasteiger charge is -2.30. The molecule has 7 aromatic carbocycles. The largest absolute Gasteiger partial charge is 0.378 e. The van der Waals surface area contributed by atoms with Crippen molar-refractivity contribution >= 4 is 28.8 Å². The van der Waals surface area contributed by atoms with Crippen LogP contribution in [-0.2, 0) is 0 Å². The van der Waals surface area contributed by atoms with Gasteiger partial charge in [0.2, 0.25) is 0 Å². The number of benzene rings is 7. The van der Waals surface area contributed by atoms with Gasteiger partial charge in [-0.2, -0.15) is 0 Å². The summed E-state index contributed by atoms with van der Waals surface area (Å²) in [7, 11) is 0. The molecule has 3 nitrogen and oxygen atoms in total. The minimum atomic E-state index is 0.0913. The summed E-state index contributed by atoms with van der Waals surface area (Å²) in [5.41, 5.74) is 16.6. The molecule has 2 aliphatic rings. The molecule has 0 aliphatic heterocycles. The van der Waals surface area contributed by atoms with Crippen LogP contribution in [0.15, 0.2) is 303 Å². The van der Waals surface area contributed by atoms with Gasteiger partial charge in [0.1, 0.15) is 0 Å². The summed E-state index contributed by atoms with van der Waals surface area (Å²) >= 11 is 0. The van der Waals surface area contributed by atoms with Gasteiger partial charge in [-0.15, -0.1) is 0 Å². The maximum Gasteiger partial charge on any atom is 0.0551 e. The highest BCUT2D eigenvalue weighted by molar-refractivity contribution is 5.73. The first-order valence-electron chi connectivity index (χ1n) is 24.6. The molecule has 0 saturated carbocycles. The molecule has 4 atom stereocenters. The fourth-order valence-corrected chi connectivity index (χ4v) is 9.31. The van der Waals surface area contributed by atoms with Crippen molar-refractivity contribution in [2.45, 2.75) is 31.7 Å². The van der Waals surface area contributed by atoms with Crippen molar-refractivity contribution in [2.75, 3.05) is 15.5 Å². The molecule has 0 amide bonds. The minimum absolute atomic E-state index is 0.0913. The summed E-state index contributed by atoms with van der Waals surface area (Å²) in [6.45, 7) is 8.28. The topological polar surface area (TPSA) is 27.3 Å². The molecule has 7 aromatic rings. The SMILES string of the molecule is C=C/C=C\C=C(/C)N(c1ccccc1)c1ccc(-c2ccc(C3C=C(C4=CC(c5ccccc5)C(Nc5ccc(-c6ccc(\C=C/C=C\C=C\Nc7ccccc7)cc6)cc5)C=C4)C=CC3C)cc2)cc1. The second-order valence-corrected chi connectivity index (χ2v) is 18.0. The van der Waals surface area contributed by atoms with Gasteiger partial charge in [-0.05, 0) is 124 Å². The highest BCUT2D eigenvalue weighted by Crippen LogP contribution is 2.39. The van der Waals surface area contributed by atoms with E-state index < -0.39 is 0 Å². The number of hydrogen-bond donors (Lipinski definition) is 2. The zero-order valence-electron chi connectivity index (χ0n) is 40.6. The van der Waals surface area contributed by atoms with Crippen LogP contribution in [0.25, 0.3) is 28.3 Å². The Morgan fingerprint density at radius 3 is 1.69 bits per heavy atom. The first kappa shape index (κ1) is 47.4. The molecule has 0 radical (unpaired) electrons. The van der Waals surface area contributed by atoms with Gasteiger partial charge in [-0.3, -0.25) is 0 Å². The standard InChI is InChI=1S/C68H61N3/c1-4-5-11-20-52(3)71(64-26-17-10-18-27-64)65-45-40-57(41-46-65)55-34-36-59(37-35-55)66-49-60(31-28-51(66)2)61-42-47-68(67(50-61)58-22-13-8-14-23-58)70-63-43-38-56(39-44-63)54-32-29-53(30-33-54)21-12-6-7-19-48-69-62-24-15-9-16-25-62/h4-51,66-70H,1H2,2-3H3/b7-6-,11-5-,21-12-,48-19+,52-20+. The number of allylic oxidation sites excluding steroid dienone is 15. The lowest BCUT2D eigenvalue weighted by atomic mass is 9.78. The van der Waals surface area contributed by atoms with Crippen molar-refractivity contribution in [1.82, 2.24) is 0 Å². The second kappa shape index (κ2) is 23.6. The van der Waals surface area contributed by atoms with Crippen LogP contribution in [0, 0.1) is 5.92 Å². The molecule has 0 heterocycles. The highest BCUT2D eigenvalue weighted by Gasteiger charge is 2.26. The lowest BCUT2D eigenvalue weighted by Crippen LogP contribution is -2.27. The van der Waals surface area contributed by atoms with Crippen molar-refractivity contribution < 1.29 is 0 Å². The van der Waals surface area contributed by atoms with Gasteiger partial charge in [-0.25, -0.2) is 0 Å². The predicted octanol–water partition coefficient (Wildman–Crippen LogP) is 18.0. The van der Waals surface area contributed by atoms with E-state index in [1.807, 2.05) is 66.9 Å². The van der Waals surface area contributed by atoms with Crippen molar-refractivity contribution in [3.05, 3.63) is 319 Å². The molecule has 3 heteroatoms. The number of para-hydroxylation sites is 2. The quantitative estimate of drug-likeness (QED) is 0.0892. The van der Waals surface area contributed by atoms with E-state index in [1.54, 1.807) is 6.08 Å². The van der Waals surface area contributed by atoms with E-state index in [-0.39, 0.29) is 17.9 Å². The maximum atomic E-state index is 3.88. The zero-order chi connectivity index (χ0) is 48.6. The fourth-order valence-electron chi connectivity index (χ4n) is 9.31.